The normalized spacial score (nSPS) is 18.1. The van der Waals surface area contributed by atoms with Crippen LogP contribution in [-0.2, 0) is 4.74 Å². The van der Waals surface area contributed by atoms with E-state index in [1.165, 1.54) is 0 Å². The van der Waals surface area contributed by atoms with Crippen molar-refractivity contribution < 1.29 is 9.53 Å². The van der Waals surface area contributed by atoms with Crippen LogP contribution in [0.2, 0.25) is 0 Å². The Morgan fingerprint density at radius 1 is 1.48 bits per heavy atom. The number of piperidine rings is 1. The molecule has 1 aliphatic heterocycles. The van der Waals surface area contributed by atoms with Gasteiger partial charge in [0.15, 0.2) is 0 Å². The van der Waals surface area contributed by atoms with Crippen molar-refractivity contribution in [2.45, 2.75) is 46.1 Å². The molecule has 0 bridgehead atoms. The Morgan fingerprint density at radius 2 is 2.22 bits per heavy atom. The molecule has 1 atom stereocenters. The van der Waals surface area contributed by atoms with Gasteiger partial charge in [-0.3, -0.25) is 4.98 Å². The number of rotatable bonds is 0. The summed E-state index contributed by atoms with van der Waals surface area (Å²) in [6.07, 6.45) is 3.33. The third-order valence-electron chi connectivity index (χ3n) is 3.65. The number of aromatic nitrogens is 1. The first kappa shape index (κ1) is 17.1. The van der Waals surface area contributed by atoms with Gasteiger partial charge in [0.2, 0.25) is 0 Å². The third-order valence-corrected chi connectivity index (χ3v) is 3.65. The number of hydrogen-bond acceptors (Lipinski definition) is 4. The van der Waals surface area contributed by atoms with Crippen molar-refractivity contribution >= 4 is 11.8 Å². The molecule has 0 aliphatic carbocycles. The van der Waals surface area contributed by atoms with Crippen LogP contribution in [0.5, 0.6) is 0 Å². The highest BCUT2D eigenvalue weighted by Gasteiger charge is 2.26. The zero-order valence-electron chi connectivity index (χ0n) is 14.3. The van der Waals surface area contributed by atoms with Gasteiger partial charge in [-0.25, -0.2) is 4.79 Å². The predicted octanol–water partition coefficient (Wildman–Crippen LogP) is 2.97. The summed E-state index contributed by atoms with van der Waals surface area (Å²) in [5, 5.41) is 0. The lowest BCUT2D eigenvalue weighted by molar-refractivity contribution is 0.0190. The van der Waals surface area contributed by atoms with Crippen molar-refractivity contribution in [2.24, 2.45) is 5.92 Å². The Bertz CT molecular complexity index is 618. The summed E-state index contributed by atoms with van der Waals surface area (Å²) in [4.78, 5) is 18.1. The lowest BCUT2D eigenvalue weighted by Crippen LogP contribution is -2.42. The average molecular weight is 315 g/mol. The molecular weight excluding hydrogens is 290 g/mol. The molecule has 1 aromatic rings. The summed E-state index contributed by atoms with van der Waals surface area (Å²) in [7, 11) is 0. The molecule has 23 heavy (non-hydrogen) atoms. The van der Waals surface area contributed by atoms with Crippen LogP contribution in [0.25, 0.3) is 0 Å². The molecule has 0 saturated carbocycles. The topological polar surface area (TPSA) is 68.5 Å². The molecule has 0 aromatic carbocycles. The quantitative estimate of drug-likeness (QED) is 0.747. The Hall–Kier alpha value is -2.22. The summed E-state index contributed by atoms with van der Waals surface area (Å²) in [5.74, 6) is 6.52. The fourth-order valence-corrected chi connectivity index (χ4v) is 2.51. The molecule has 124 valence electrons. The van der Waals surface area contributed by atoms with Crippen LogP contribution in [-0.4, -0.2) is 34.7 Å². The molecule has 1 fully saturated rings. The average Bonchev–Trinajstić information content (AvgIpc) is 2.45. The molecule has 1 saturated heterocycles. The van der Waals surface area contributed by atoms with Crippen molar-refractivity contribution in [1.82, 2.24) is 9.88 Å². The summed E-state index contributed by atoms with van der Waals surface area (Å²) in [6.45, 7) is 8.84. The fourth-order valence-electron chi connectivity index (χ4n) is 2.51. The van der Waals surface area contributed by atoms with E-state index in [1.807, 2.05) is 27.7 Å². The number of ether oxygens (including phenoxy) is 1. The van der Waals surface area contributed by atoms with Crippen molar-refractivity contribution in [2.75, 3.05) is 18.8 Å². The second kappa shape index (κ2) is 6.91. The lowest BCUT2D eigenvalue weighted by atomic mass is 9.98. The van der Waals surface area contributed by atoms with E-state index in [1.54, 1.807) is 17.2 Å². The lowest BCUT2D eigenvalue weighted by Gasteiger charge is -2.32. The summed E-state index contributed by atoms with van der Waals surface area (Å²) >= 11 is 0. The smallest absolute Gasteiger partial charge is 0.410 e. The number of pyridine rings is 1. The number of nitrogen functional groups attached to an aromatic ring is 1. The van der Waals surface area contributed by atoms with Gasteiger partial charge in [0.1, 0.15) is 5.60 Å². The Balaban J connectivity index is 2.05. The van der Waals surface area contributed by atoms with Crippen molar-refractivity contribution in [3.05, 3.63) is 23.5 Å². The highest BCUT2D eigenvalue weighted by atomic mass is 16.6. The molecule has 0 radical (unpaired) electrons. The van der Waals surface area contributed by atoms with Gasteiger partial charge in [0.25, 0.3) is 0 Å². The van der Waals surface area contributed by atoms with Crippen molar-refractivity contribution in [3.63, 3.8) is 0 Å². The van der Waals surface area contributed by atoms with Crippen LogP contribution in [0.4, 0.5) is 10.5 Å². The minimum absolute atomic E-state index is 0.135. The van der Waals surface area contributed by atoms with E-state index in [9.17, 15) is 4.79 Å². The van der Waals surface area contributed by atoms with E-state index in [0.29, 0.717) is 12.2 Å². The molecule has 5 nitrogen and oxygen atoms in total. The van der Waals surface area contributed by atoms with Gasteiger partial charge < -0.3 is 15.4 Å². The van der Waals surface area contributed by atoms with Crippen molar-refractivity contribution in [1.29, 1.82) is 0 Å². The molecule has 1 aliphatic rings. The Kier molecular flexibility index (Phi) is 5.15. The van der Waals surface area contributed by atoms with Gasteiger partial charge in [-0.2, -0.15) is 0 Å². The third kappa shape index (κ3) is 4.88. The van der Waals surface area contributed by atoms with Gasteiger partial charge in [-0.1, -0.05) is 11.8 Å². The largest absolute Gasteiger partial charge is 0.444 e. The van der Waals surface area contributed by atoms with Crippen LogP contribution in [0.3, 0.4) is 0 Å². The Labute approximate surface area is 138 Å². The van der Waals surface area contributed by atoms with Gasteiger partial charge >= 0.3 is 6.09 Å². The highest BCUT2D eigenvalue weighted by Crippen LogP contribution is 2.19. The molecule has 2 rings (SSSR count). The van der Waals surface area contributed by atoms with Gasteiger partial charge in [-0.05, 0) is 46.6 Å². The monoisotopic (exact) mass is 315 g/mol. The number of nitrogens with two attached hydrogens (primary N) is 1. The SMILES string of the molecule is Cc1nccc(N)c1C#C[C@@H]1CCCN(C(=O)OC(C)(C)C)C1. The van der Waals surface area contributed by atoms with Crippen LogP contribution in [0, 0.1) is 24.7 Å². The van der Waals surface area contributed by atoms with Crippen molar-refractivity contribution in [3.8, 4) is 11.8 Å². The van der Waals surface area contributed by atoms with E-state index in [0.717, 1.165) is 30.6 Å². The number of carbonyl (C=O) groups excluding carboxylic acids is 1. The first-order valence-corrected chi connectivity index (χ1v) is 7.97. The molecule has 1 aromatic heterocycles. The maximum Gasteiger partial charge on any atom is 0.410 e. The standard InChI is InChI=1S/C18H25N3O2/c1-13-15(16(19)9-10-20-13)8-7-14-6-5-11-21(12-14)17(22)23-18(2,3)4/h9-10,14H,5-6,11-12H2,1-4H3,(H2,19,20)/t14-/m0/s1. The van der Waals surface area contributed by atoms with E-state index < -0.39 is 5.60 Å². The van der Waals surface area contributed by atoms with Crippen LogP contribution < -0.4 is 5.73 Å². The number of carbonyl (C=O) groups is 1. The van der Waals surface area contributed by atoms with Crippen LogP contribution >= 0.6 is 0 Å². The number of amides is 1. The van der Waals surface area contributed by atoms with Crippen LogP contribution in [0.1, 0.15) is 44.9 Å². The number of aryl methyl sites for hydroxylation is 1. The molecule has 2 N–H and O–H groups in total. The van der Waals surface area contributed by atoms with Gasteiger partial charge in [0.05, 0.1) is 16.9 Å². The fraction of sp³-hybridized carbons (Fsp3) is 0.556. The molecule has 5 heteroatoms. The van der Waals surface area contributed by atoms with Crippen LogP contribution in [0.15, 0.2) is 12.3 Å². The molecule has 2 heterocycles. The zero-order chi connectivity index (χ0) is 17.0. The van der Waals surface area contributed by atoms with E-state index in [2.05, 4.69) is 16.8 Å². The molecule has 1 amide bonds. The number of likely N-dealkylation sites (tertiary alicyclic amines) is 1. The molecule has 0 unspecified atom stereocenters. The van der Waals surface area contributed by atoms with E-state index in [-0.39, 0.29) is 12.0 Å². The zero-order valence-corrected chi connectivity index (χ0v) is 14.3. The second-order valence-electron chi connectivity index (χ2n) is 6.90. The molecular formula is C18H25N3O2. The van der Waals surface area contributed by atoms with E-state index >= 15 is 0 Å². The first-order valence-electron chi connectivity index (χ1n) is 7.97. The van der Waals surface area contributed by atoms with Gasteiger partial charge in [-0.15, -0.1) is 0 Å². The summed E-state index contributed by atoms with van der Waals surface area (Å²) in [6, 6.07) is 1.75. The maximum absolute atomic E-state index is 12.2. The molecule has 0 spiro atoms. The predicted molar refractivity (Wildman–Crippen MR) is 90.8 cm³/mol. The Morgan fingerprint density at radius 3 is 2.87 bits per heavy atom. The number of nitrogens with zero attached hydrogens (tertiary/aromatic N) is 2. The first-order chi connectivity index (χ1) is 10.8. The summed E-state index contributed by atoms with van der Waals surface area (Å²) < 4.78 is 5.44. The number of hydrogen-bond donors (Lipinski definition) is 1. The maximum atomic E-state index is 12.2. The summed E-state index contributed by atoms with van der Waals surface area (Å²) in [5.41, 5.74) is 7.73. The number of anilines is 1. The minimum atomic E-state index is -0.475. The highest BCUT2D eigenvalue weighted by molar-refractivity contribution is 5.68. The van der Waals surface area contributed by atoms with Gasteiger partial charge in [0, 0.05) is 25.2 Å². The van der Waals surface area contributed by atoms with E-state index in [4.69, 9.17) is 10.5 Å². The second-order valence-corrected chi connectivity index (χ2v) is 6.90. The minimum Gasteiger partial charge on any atom is -0.444 e.